The topological polar surface area (TPSA) is 60.8 Å². The summed E-state index contributed by atoms with van der Waals surface area (Å²) >= 11 is 5.76. The van der Waals surface area contributed by atoms with E-state index in [2.05, 4.69) is 0 Å². The van der Waals surface area contributed by atoms with E-state index < -0.39 is 18.1 Å². The second kappa shape index (κ2) is 4.31. The van der Waals surface area contributed by atoms with Crippen LogP contribution in [0.3, 0.4) is 0 Å². The molecule has 1 aliphatic rings. The predicted molar refractivity (Wildman–Crippen MR) is 60.8 cm³/mol. The lowest BCUT2D eigenvalue weighted by molar-refractivity contribution is -0.138. The third kappa shape index (κ3) is 2.13. The molecule has 2 atom stereocenters. The molecule has 86 valence electrons. The van der Waals surface area contributed by atoms with Crippen LogP contribution >= 0.6 is 11.6 Å². The van der Waals surface area contributed by atoms with Crippen LogP contribution in [0.2, 0.25) is 5.02 Å². The van der Waals surface area contributed by atoms with Crippen molar-refractivity contribution in [1.82, 2.24) is 0 Å². The molecule has 1 aliphatic heterocycles. The molecule has 5 heteroatoms. The maximum Gasteiger partial charge on any atom is 0.326 e. The number of aliphatic carboxylic acids is 1. The number of hydrogen-bond donors (Lipinski definition) is 2. The molecule has 1 aromatic carbocycles. The lowest BCUT2D eigenvalue weighted by Crippen LogP contribution is -2.35. The molecule has 0 amide bonds. The van der Waals surface area contributed by atoms with Gasteiger partial charge in [0, 0.05) is 23.7 Å². The van der Waals surface area contributed by atoms with Gasteiger partial charge in [-0.2, -0.15) is 0 Å². The smallest absolute Gasteiger partial charge is 0.326 e. The van der Waals surface area contributed by atoms with Crippen LogP contribution in [-0.4, -0.2) is 34.9 Å². The summed E-state index contributed by atoms with van der Waals surface area (Å²) in [5.74, 6) is -0.911. The number of benzene rings is 1. The summed E-state index contributed by atoms with van der Waals surface area (Å²) in [6.07, 6.45) is -0.324. The van der Waals surface area contributed by atoms with Gasteiger partial charge in [0.15, 0.2) is 0 Å². The zero-order chi connectivity index (χ0) is 11.7. The Bertz CT molecular complexity index is 393. The van der Waals surface area contributed by atoms with E-state index in [4.69, 9.17) is 16.7 Å². The van der Waals surface area contributed by atoms with E-state index in [1.54, 1.807) is 29.2 Å². The highest BCUT2D eigenvalue weighted by Gasteiger charge is 2.35. The normalized spacial score (nSPS) is 24.8. The van der Waals surface area contributed by atoms with Gasteiger partial charge in [-0.3, -0.25) is 0 Å². The third-order valence-electron chi connectivity index (χ3n) is 2.72. The lowest BCUT2D eigenvalue weighted by atomic mass is 10.2. The van der Waals surface area contributed by atoms with Crippen molar-refractivity contribution >= 4 is 23.3 Å². The first-order chi connectivity index (χ1) is 7.58. The van der Waals surface area contributed by atoms with Gasteiger partial charge >= 0.3 is 5.97 Å². The Hall–Kier alpha value is -1.26. The van der Waals surface area contributed by atoms with E-state index in [0.717, 1.165) is 5.69 Å². The van der Waals surface area contributed by atoms with Gasteiger partial charge < -0.3 is 15.1 Å². The van der Waals surface area contributed by atoms with E-state index in [0.29, 0.717) is 11.6 Å². The van der Waals surface area contributed by atoms with Gasteiger partial charge in [0.05, 0.1) is 6.10 Å². The fourth-order valence-corrected chi connectivity index (χ4v) is 2.09. The standard InChI is InChI=1S/C11H12ClNO3/c12-7-1-3-8(4-2-7)13-6-9(14)5-10(13)11(15)16/h1-4,9-10,14H,5-6H2,(H,15,16). The number of aliphatic hydroxyl groups excluding tert-OH is 1. The molecule has 0 spiro atoms. The summed E-state index contributed by atoms with van der Waals surface area (Å²) in [6, 6.07) is 6.28. The van der Waals surface area contributed by atoms with Crippen molar-refractivity contribution in [3.63, 3.8) is 0 Å². The highest BCUT2D eigenvalue weighted by atomic mass is 35.5. The Morgan fingerprint density at radius 3 is 2.56 bits per heavy atom. The molecule has 0 bridgehead atoms. The molecule has 0 aliphatic carbocycles. The maximum atomic E-state index is 11.0. The summed E-state index contributed by atoms with van der Waals surface area (Å²) in [5, 5.41) is 19.1. The Kier molecular flexibility index (Phi) is 3.03. The van der Waals surface area contributed by atoms with Gasteiger partial charge in [-0.1, -0.05) is 11.6 Å². The molecule has 2 rings (SSSR count). The first-order valence-electron chi connectivity index (χ1n) is 5.01. The minimum absolute atomic E-state index is 0.262. The molecular weight excluding hydrogens is 230 g/mol. The van der Waals surface area contributed by atoms with Crippen LogP contribution in [0, 0.1) is 0 Å². The molecule has 1 aromatic rings. The largest absolute Gasteiger partial charge is 0.480 e. The molecule has 16 heavy (non-hydrogen) atoms. The number of carbonyl (C=O) groups is 1. The van der Waals surface area contributed by atoms with Crippen molar-refractivity contribution in [2.45, 2.75) is 18.6 Å². The Labute approximate surface area is 98.1 Å². The zero-order valence-electron chi connectivity index (χ0n) is 8.51. The van der Waals surface area contributed by atoms with Gasteiger partial charge in [-0.05, 0) is 24.3 Å². The molecular formula is C11H12ClNO3. The second-order valence-corrected chi connectivity index (χ2v) is 4.31. The molecule has 1 heterocycles. The Morgan fingerprint density at radius 1 is 1.38 bits per heavy atom. The average Bonchev–Trinajstić information content (AvgIpc) is 2.61. The number of carboxylic acid groups (broad SMARTS) is 1. The fourth-order valence-electron chi connectivity index (χ4n) is 1.97. The fraction of sp³-hybridized carbons (Fsp3) is 0.364. The van der Waals surface area contributed by atoms with Gasteiger partial charge in [0.25, 0.3) is 0 Å². The minimum Gasteiger partial charge on any atom is -0.480 e. The highest BCUT2D eigenvalue weighted by Crippen LogP contribution is 2.27. The van der Waals surface area contributed by atoms with E-state index in [1.807, 2.05) is 0 Å². The number of aliphatic hydroxyl groups is 1. The zero-order valence-corrected chi connectivity index (χ0v) is 9.26. The van der Waals surface area contributed by atoms with Crippen LogP contribution in [0.1, 0.15) is 6.42 Å². The highest BCUT2D eigenvalue weighted by molar-refractivity contribution is 6.30. The van der Waals surface area contributed by atoms with Crippen LogP contribution in [0.5, 0.6) is 0 Å². The van der Waals surface area contributed by atoms with Gasteiger partial charge in [-0.15, -0.1) is 0 Å². The summed E-state index contributed by atoms with van der Waals surface area (Å²) < 4.78 is 0. The van der Waals surface area contributed by atoms with E-state index in [1.165, 1.54) is 0 Å². The van der Waals surface area contributed by atoms with Crippen LogP contribution in [0.15, 0.2) is 24.3 Å². The number of nitrogens with zero attached hydrogens (tertiary/aromatic N) is 1. The summed E-state index contributed by atoms with van der Waals surface area (Å²) in [7, 11) is 0. The number of rotatable bonds is 2. The number of hydrogen-bond acceptors (Lipinski definition) is 3. The summed E-state index contributed by atoms with van der Waals surface area (Å²) in [4.78, 5) is 12.7. The number of β-amino-alcohol motifs (C(OH)–C–C–N with tert-alkyl or cyclic N) is 1. The number of anilines is 1. The summed E-state index contributed by atoms with van der Waals surface area (Å²) in [5.41, 5.74) is 0.772. The van der Waals surface area contributed by atoms with E-state index in [9.17, 15) is 9.90 Å². The van der Waals surface area contributed by atoms with Crippen molar-refractivity contribution in [2.24, 2.45) is 0 Å². The molecule has 2 N–H and O–H groups in total. The van der Waals surface area contributed by atoms with Crippen molar-refractivity contribution in [1.29, 1.82) is 0 Å². The number of halogens is 1. The molecule has 0 aromatic heterocycles. The number of carboxylic acids is 1. The monoisotopic (exact) mass is 241 g/mol. The van der Waals surface area contributed by atoms with Crippen molar-refractivity contribution in [3.8, 4) is 0 Å². The first-order valence-corrected chi connectivity index (χ1v) is 5.39. The Morgan fingerprint density at radius 2 is 2.00 bits per heavy atom. The second-order valence-electron chi connectivity index (χ2n) is 3.87. The summed E-state index contributed by atoms with van der Waals surface area (Å²) in [6.45, 7) is 0.346. The quantitative estimate of drug-likeness (QED) is 0.821. The maximum absolute atomic E-state index is 11.0. The SMILES string of the molecule is O=C(O)C1CC(O)CN1c1ccc(Cl)cc1. The minimum atomic E-state index is -0.911. The van der Waals surface area contributed by atoms with Gasteiger partial charge in [0.1, 0.15) is 6.04 Å². The van der Waals surface area contributed by atoms with Gasteiger partial charge in [-0.25, -0.2) is 4.79 Å². The predicted octanol–water partition coefficient (Wildman–Crippen LogP) is 1.36. The van der Waals surface area contributed by atoms with E-state index in [-0.39, 0.29) is 6.42 Å². The molecule has 4 nitrogen and oxygen atoms in total. The van der Waals surface area contributed by atoms with Gasteiger partial charge in [0.2, 0.25) is 0 Å². The lowest BCUT2D eigenvalue weighted by Gasteiger charge is -2.23. The molecule has 1 saturated heterocycles. The van der Waals surface area contributed by atoms with Crippen LogP contribution in [-0.2, 0) is 4.79 Å². The van der Waals surface area contributed by atoms with Crippen LogP contribution in [0.25, 0.3) is 0 Å². The van der Waals surface area contributed by atoms with Crippen molar-refractivity contribution < 1.29 is 15.0 Å². The van der Waals surface area contributed by atoms with Crippen molar-refractivity contribution in [2.75, 3.05) is 11.4 Å². The van der Waals surface area contributed by atoms with E-state index >= 15 is 0 Å². The molecule has 0 saturated carbocycles. The van der Waals surface area contributed by atoms with Crippen LogP contribution < -0.4 is 4.90 Å². The first kappa shape index (κ1) is 11.2. The third-order valence-corrected chi connectivity index (χ3v) is 2.97. The Balaban J connectivity index is 2.25. The molecule has 2 unspecified atom stereocenters. The molecule has 0 radical (unpaired) electrons. The van der Waals surface area contributed by atoms with Crippen molar-refractivity contribution in [3.05, 3.63) is 29.3 Å². The molecule has 1 fully saturated rings. The van der Waals surface area contributed by atoms with Crippen LogP contribution in [0.4, 0.5) is 5.69 Å². The average molecular weight is 242 g/mol.